The lowest BCUT2D eigenvalue weighted by Gasteiger charge is -2.26. The Labute approximate surface area is 434 Å². The molecule has 0 heterocycles. The van der Waals surface area contributed by atoms with E-state index in [-0.39, 0.29) is 113 Å². The van der Waals surface area contributed by atoms with Gasteiger partial charge in [-0.15, -0.1) is 0 Å². The number of hydrogen-bond acceptors (Lipinski definition) is 23. The smallest absolute Gasteiger partial charge is 0.341 e. The normalized spacial score (nSPS) is 17.7. The standard InChI is InChI=1S/C52H68O23/c1-8-37(72-46(57)31(2)3)29-70-44(55)21-19-42(53)66-23-26-69-49(60)34-11-15-36(16-12-34)51(62)75-41-18-17-38(27-40(41)52(63)65-7)73-50(61)35-13-9-33(10-14-35)48(59)68-25-24-67-43(54)20-22-45(56)71-30-39(28-64-6)74-47(58)32(4)5/h17-18,27,33-37,39H,2,4,8-16,19-26,28-30H2,1,3,5-7H3. The lowest BCUT2D eigenvalue weighted by molar-refractivity contribution is -0.161. The van der Waals surface area contributed by atoms with Crippen molar-refractivity contribution in [1.82, 2.24) is 0 Å². The predicted octanol–water partition coefficient (Wildman–Crippen LogP) is 4.75. The van der Waals surface area contributed by atoms with E-state index in [1.165, 1.54) is 39.2 Å². The van der Waals surface area contributed by atoms with Crippen LogP contribution in [-0.2, 0) is 95.3 Å². The molecular weight excluding hydrogens is 993 g/mol. The summed E-state index contributed by atoms with van der Waals surface area (Å²) >= 11 is 0. The second kappa shape index (κ2) is 32.9. The highest BCUT2D eigenvalue weighted by Gasteiger charge is 2.34. The van der Waals surface area contributed by atoms with Gasteiger partial charge in [0.2, 0.25) is 0 Å². The van der Waals surface area contributed by atoms with Gasteiger partial charge in [-0.1, -0.05) is 20.1 Å². The van der Waals surface area contributed by atoms with Gasteiger partial charge in [0.1, 0.15) is 62.8 Å². The average Bonchev–Trinajstić information content (AvgIpc) is 3.40. The van der Waals surface area contributed by atoms with E-state index >= 15 is 0 Å². The van der Waals surface area contributed by atoms with Gasteiger partial charge in [-0.05, 0) is 89.8 Å². The minimum atomic E-state index is -0.862. The van der Waals surface area contributed by atoms with Crippen molar-refractivity contribution in [2.24, 2.45) is 23.7 Å². The Morgan fingerprint density at radius 3 is 1.31 bits per heavy atom. The van der Waals surface area contributed by atoms with Crippen LogP contribution >= 0.6 is 0 Å². The molecule has 75 heavy (non-hydrogen) atoms. The van der Waals surface area contributed by atoms with Crippen LogP contribution in [0.15, 0.2) is 42.5 Å². The van der Waals surface area contributed by atoms with Crippen LogP contribution in [-0.4, -0.2) is 138 Å². The molecule has 2 atom stereocenters. The molecule has 2 saturated carbocycles. The Bertz CT molecular complexity index is 2200. The van der Waals surface area contributed by atoms with Crippen molar-refractivity contribution in [2.45, 2.75) is 116 Å². The van der Waals surface area contributed by atoms with Crippen LogP contribution < -0.4 is 9.47 Å². The van der Waals surface area contributed by atoms with Gasteiger partial charge in [-0.3, -0.25) is 38.4 Å². The number of benzene rings is 1. The van der Waals surface area contributed by atoms with Crippen LogP contribution in [0, 0.1) is 23.7 Å². The molecule has 3 rings (SSSR count). The minimum absolute atomic E-state index is 0.0125. The highest BCUT2D eigenvalue weighted by Crippen LogP contribution is 2.34. The first kappa shape index (κ1) is 62.1. The van der Waals surface area contributed by atoms with E-state index in [1.54, 1.807) is 6.92 Å². The summed E-state index contributed by atoms with van der Waals surface area (Å²) in [5.74, 6) is -9.67. The summed E-state index contributed by atoms with van der Waals surface area (Å²) in [7, 11) is 2.51. The monoisotopic (exact) mass is 1060 g/mol. The number of methoxy groups -OCH3 is 2. The zero-order valence-corrected chi connectivity index (χ0v) is 43.1. The van der Waals surface area contributed by atoms with Crippen LogP contribution in [0.5, 0.6) is 11.5 Å². The zero-order chi connectivity index (χ0) is 55.5. The number of ether oxygens (including phenoxy) is 12. The van der Waals surface area contributed by atoms with E-state index in [1.807, 2.05) is 0 Å². The van der Waals surface area contributed by atoms with Crippen LogP contribution in [0.1, 0.15) is 115 Å². The van der Waals surface area contributed by atoms with Crippen molar-refractivity contribution in [3.63, 3.8) is 0 Å². The summed E-state index contributed by atoms with van der Waals surface area (Å²) in [6.07, 6.45) is 0.0857. The van der Waals surface area contributed by atoms with E-state index in [4.69, 9.17) is 56.8 Å². The molecule has 1 aromatic carbocycles. The molecule has 2 fully saturated rings. The van der Waals surface area contributed by atoms with Crippen LogP contribution in [0.4, 0.5) is 0 Å². The predicted molar refractivity (Wildman–Crippen MR) is 256 cm³/mol. The van der Waals surface area contributed by atoms with Gasteiger partial charge in [0.25, 0.3) is 0 Å². The molecule has 414 valence electrons. The maximum absolute atomic E-state index is 13.2. The van der Waals surface area contributed by atoms with Crippen molar-refractivity contribution in [3.8, 4) is 11.5 Å². The number of rotatable bonds is 30. The van der Waals surface area contributed by atoms with Crippen LogP contribution in [0.2, 0.25) is 0 Å². The van der Waals surface area contributed by atoms with Crippen LogP contribution in [0.25, 0.3) is 0 Å². The second-order valence-electron chi connectivity index (χ2n) is 17.7. The summed E-state index contributed by atoms with van der Waals surface area (Å²) in [5, 5.41) is 0. The Kier molecular flexibility index (Phi) is 27.2. The highest BCUT2D eigenvalue weighted by molar-refractivity contribution is 5.94. The number of hydrogen-bond donors (Lipinski definition) is 0. The molecule has 0 N–H and O–H groups in total. The SMILES string of the molecule is C=C(C)C(=O)OC(CC)COC(=O)CCC(=O)OCCOC(=O)C1CCC(C(=O)Oc2ccc(OC(=O)C3CCC(C(=O)OCCOC(=O)CCC(=O)OCC(COC)OC(=O)C(=C)C)CC3)cc2C(=O)OC)CC1. The summed E-state index contributed by atoms with van der Waals surface area (Å²) in [4.78, 5) is 136. The molecule has 0 amide bonds. The highest BCUT2D eigenvalue weighted by atomic mass is 16.6. The van der Waals surface area contributed by atoms with Crippen molar-refractivity contribution < 1.29 is 110 Å². The molecule has 2 aliphatic carbocycles. The van der Waals surface area contributed by atoms with Gasteiger partial charge in [0, 0.05) is 18.3 Å². The van der Waals surface area contributed by atoms with Gasteiger partial charge in [-0.25, -0.2) is 14.4 Å². The molecule has 23 nitrogen and oxygen atoms in total. The third-order valence-corrected chi connectivity index (χ3v) is 11.7. The Balaban J connectivity index is 1.33. The fraction of sp³-hybridized carbons (Fsp3) is 0.596. The molecular formula is C52H68O23. The van der Waals surface area contributed by atoms with Gasteiger partial charge in [-0.2, -0.15) is 0 Å². The van der Waals surface area contributed by atoms with E-state index in [0.717, 1.165) is 7.11 Å². The third kappa shape index (κ3) is 22.9. The minimum Gasteiger partial charge on any atom is -0.465 e. The average molecular weight is 1060 g/mol. The molecule has 0 bridgehead atoms. The maximum atomic E-state index is 13.2. The first-order chi connectivity index (χ1) is 35.7. The molecule has 1 aromatic rings. The van der Waals surface area contributed by atoms with Gasteiger partial charge >= 0.3 is 65.7 Å². The van der Waals surface area contributed by atoms with E-state index < -0.39 is 102 Å². The molecule has 23 heteroatoms. The summed E-state index contributed by atoms with van der Waals surface area (Å²) in [6.45, 7) is 10.3. The fourth-order valence-electron chi connectivity index (χ4n) is 7.39. The van der Waals surface area contributed by atoms with Gasteiger partial charge in [0.05, 0.1) is 63.1 Å². The van der Waals surface area contributed by atoms with E-state index in [9.17, 15) is 52.7 Å². The van der Waals surface area contributed by atoms with Gasteiger partial charge < -0.3 is 56.8 Å². The van der Waals surface area contributed by atoms with E-state index in [0.29, 0.717) is 44.9 Å². The first-order valence-electron chi connectivity index (χ1n) is 24.6. The Morgan fingerprint density at radius 1 is 0.507 bits per heavy atom. The molecule has 0 saturated heterocycles. The molecule has 0 aliphatic heterocycles. The molecule has 0 aromatic heterocycles. The zero-order valence-electron chi connectivity index (χ0n) is 43.1. The second-order valence-corrected chi connectivity index (χ2v) is 17.7. The number of esters is 11. The number of carbonyl (C=O) groups is 11. The summed E-state index contributed by atoms with van der Waals surface area (Å²) in [5.41, 5.74) is 0.193. The summed E-state index contributed by atoms with van der Waals surface area (Å²) < 4.78 is 62.1. The van der Waals surface area contributed by atoms with Gasteiger partial charge in [0.15, 0.2) is 6.10 Å². The summed E-state index contributed by atoms with van der Waals surface area (Å²) in [6, 6.07) is 3.87. The Hall–Kier alpha value is -7.17. The maximum Gasteiger partial charge on any atom is 0.341 e. The van der Waals surface area contributed by atoms with Crippen molar-refractivity contribution in [3.05, 3.63) is 48.1 Å². The number of carbonyl (C=O) groups excluding carboxylic acids is 11. The Morgan fingerprint density at radius 2 is 0.893 bits per heavy atom. The fourth-order valence-corrected chi connectivity index (χ4v) is 7.39. The molecule has 0 radical (unpaired) electrons. The first-order valence-corrected chi connectivity index (χ1v) is 24.6. The largest absolute Gasteiger partial charge is 0.465 e. The van der Waals surface area contributed by atoms with Crippen molar-refractivity contribution >= 4 is 65.7 Å². The topological polar surface area (TPSA) is 299 Å². The third-order valence-electron chi connectivity index (χ3n) is 11.7. The lowest BCUT2D eigenvalue weighted by atomic mass is 9.82. The molecule has 2 unspecified atom stereocenters. The lowest BCUT2D eigenvalue weighted by Crippen LogP contribution is -2.30. The van der Waals surface area contributed by atoms with Crippen molar-refractivity contribution in [1.29, 1.82) is 0 Å². The van der Waals surface area contributed by atoms with E-state index in [2.05, 4.69) is 13.2 Å². The molecule has 2 aliphatic rings. The van der Waals surface area contributed by atoms with Crippen molar-refractivity contribution in [2.75, 3.05) is 60.5 Å². The van der Waals surface area contributed by atoms with Crippen LogP contribution in [0.3, 0.4) is 0 Å². The quantitative estimate of drug-likeness (QED) is 0.0330. The molecule has 0 spiro atoms.